The molecule has 0 spiro atoms. The second-order valence-electron chi connectivity index (χ2n) is 6.71. The number of thioether (sulfide) groups is 1. The molecule has 0 aliphatic carbocycles. The molecule has 0 unspecified atom stereocenters. The fourth-order valence-corrected chi connectivity index (χ4v) is 4.09. The zero-order chi connectivity index (χ0) is 21.1. The quantitative estimate of drug-likeness (QED) is 0.360. The van der Waals surface area contributed by atoms with Crippen molar-refractivity contribution in [3.8, 4) is 16.9 Å². The van der Waals surface area contributed by atoms with Gasteiger partial charge in [0.05, 0.1) is 23.3 Å². The number of para-hydroxylation sites is 1. The summed E-state index contributed by atoms with van der Waals surface area (Å²) in [6.07, 6.45) is 1.84. The number of aromatic nitrogens is 3. The lowest BCUT2D eigenvalue weighted by atomic mass is 10.1. The van der Waals surface area contributed by atoms with Crippen LogP contribution in [0.4, 0.5) is 5.82 Å². The molecule has 6 nitrogen and oxygen atoms in total. The molecule has 0 atom stereocenters. The van der Waals surface area contributed by atoms with Gasteiger partial charge >= 0.3 is 0 Å². The second-order valence-corrected chi connectivity index (χ2v) is 8.57. The van der Waals surface area contributed by atoms with Gasteiger partial charge in [-0.05, 0) is 37.6 Å². The van der Waals surface area contributed by atoms with Crippen molar-refractivity contribution in [2.75, 3.05) is 11.1 Å². The van der Waals surface area contributed by atoms with E-state index in [1.54, 1.807) is 13.0 Å². The smallest absolute Gasteiger partial charge is 0.236 e. The number of carbonyl (C=O) groups excluding carboxylic acids is 1. The van der Waals surface area contributed by atoms with Crippen LogP contribution in [0.15, 0.2) is 74.9 Å². The number of hydrogen-bond acceptors (Lipinski definition) is 5. The van der Waals surface area contributed by atoms with Gasteiger partial charge in [0.15, 0.2) is 11.0 Å². The Hall–Kier alpha value is -2.84. The second kappa shape index (κ2) is 8.89. The van der Waals surface area contributed by atoms with E-state index in [-0.39, 0.29) is 11.7 Å². The van der Waals surface area contributed by atoms with E-state index < -0.39 is 0 Å². The minimum absolute atomic E-state index is 0.169. The Bertz CT molecular complexity index is 1180. The fourth-order valence-electron chi connectivity index (χ4n) is 3.04. The highest BCUT2D eigenvalue weighted by Crippen LogP contribution is 2.31. The Morgan fingerprint density at radius 1 is 1.17 bits per heavy atom. The van der Waals surface area contributed by atoms with Crippen LogP contribution in [-0.4, -0.2) is 26.4 Å². The summed E-state index contributed by atoms with van der Waals surface area (Å²) in [7, 11) is 0. The number of aryl methyl sites for hydroxylation is 2. The number of halogens is 1. The molecule has 0 fully saturated rings. The molecule has 8 heteroatoms. The Morgan fingerprint density at radius 3 is 2.63 bits per heavy atom. The average Bonchev–Trinajstić information content (AvgIpc) is 3.33. The van der Waals surface area contributed by atoms with Gasteiger partial charge in [-0.3, -0.25) is 9.36 Å². The number of hydrogen-bond donors (Lipinski definition) is 1. The summed E-state index contributed by atoms with van der Waals surface area (Å²) in [5.74, 6) is 1.09. The third kappa shape index (κ3) is 4.49. The van der Waals surface area contributed by atoms with Crippen molar-refractivity contribution < 1.29 is 9.32 Å². The summed E-state index contributed by atoms with van der Waals surface area (Å²) in [5.41, 5.74) is 4.16. The number of carbonyl (C=O) groups is 1. The SMILES string of the molecule is Cc1cc(NC(=O)CSc2ncc(-c3ccc(Br)cc3)n2-c2ccccc2C)no1. The molecule has 4 rings (SSSR count). The van der Waals surface area contributed by atoms with Crippen molar-refractivity contribution in [2.24, 2.45) is 0 Å². The lowest BCUT2D eigenvalue weighted by molar-refractivity contribution is -0.113. The molecule has 0 aliphatic heterocycles. The first-order valence-electron chi connectivity index (χ1n) is 9.27. The van der Waals surface area contributed by atoms with E-state index in [9.17, 15) is 4.79 Å². The molecule has 1 N–H and O–H groups in total. The van der Waals surface area contributed by atoms with Crippen LogP contribution in [0, 0.1) is 13.8 Å². The molecule has 0 aliphatic rings. The minimum atomic E-state index is -0.169. The summed E-state index contributed by atoms with van der Waals surface area (Å²) < 4.78 is 8.10. The third-order valence-electron chi connectivity index (χ3n) is 4.45. The highest BCUT2D eigenvalue weighted by molar-refractivity contribution is 9.10. The lowest BCUT2D eigenvalue weighted by Crippen LogP contribution is -2.14. The Balaban J connectivity index is 1.63. The lowest BCUT2D eigenvalue weighted by Gasteiger charge is -2.14. The van der Waals surface area contributed by atoms with Gasteiger partial charge in [0.1, 0.15) is 5.76 Å². The van der Waals surface area contributed by atoms with Crippen molar-refractivity contribution >= 4 is 39.4 Å². The van der Waals surface area contributed by atoms with Crippen LogP contribution in [0.2, 0.25) is 0 Å². The monoisotopic (exact) mass is 482 g/mol. The van der Waals surface area contributed by atoms with E-state index >= 15 is 0 Å². The number of imidazole rings is 1. The molecule has 4 aromatic rings. The fraction of sp³-hybridized carbons (Fsp3) is 0.136. The largest absolute Gasteiger partial charge is 0.360 e. The van der Waals surface area contributed by atoms with Gasteiger partial charge in [0.2, 0.25) is 5.91 Å². The van der Waals surface area contributed by atoms with E-state index in [1.807, 2.05) is 42.6 Å². The number of benzene rings is 2. The molecular formula is C22H19BrN4O2S. The molecule has 2 aromatic heterocycles. The Morgan fingerprint density at radius 2 is 1.93 bits per heavy atom. The maximum absolute atomic E-state index is 12.4. The molecule has 152 valence electrons. The number of amides is 1. The normalized spacial score (nSPS) is 10.9. The first kappa shape index (κ1) is 20.4. The topological polar surface area (TPSA) is 73.0 Å². The van der Waals surface area contributed by atoms with Crippen molar-refractivity contribution in [1.29, 1.82) is 0 Å². The van der Waals surface area contributed by atoms with Crippen LogP contribution in [0.25, 0.3) is 16.9 Å². The van der Waals surface area contributed by atoms with Crippen LogP contribution in [-0.2, 0) is 4.79 Å². The van der Waals surface area contributed by atoms with Crippen LogP contribution in [0.3, 0.4) is 0 Å². The maximum Gasteiger partial charge on any atom is 0.236 e. The molecule has 0 saturated heterocycles. The van der Waals surface area contributed by atoms with Crippen LogP contribution < -0.4 is 5.32 Å². The van der Waals surface area contributed by atoms with Crippen LogP contribution >= 0.6 is 27.7 Å². The molecule has 0 radical (unpaired) electrons. The van der Waals surface area contributed by atoms with Gasteiger partial charge < -0.3 is 9.84 Å². The summed E-state index contributed by atoms with van der Waals surface area (Å²) >= 11 is 4.86. The Labute approximate surface area is 186 Å². The zero-order valence-electron chi connectivity index (χ0n) is 16.4. The van der Waals surface area contributed by atoms with Crippen LogP contribution in [0.1, 0.15) is 11.3 Å². The van der Waals surface area contributed by atoms with Crippen molar-refractivity contribution in [2.45, 2.75) is 19.0 Å². The molecule has 0 bridgehead atoms. The summed E-state index contributed by atoms with van der Waals surface area (Å²) in [4.78, 5) is 17.0. The highest BCUT2D eigenvalue weighted by Gasteiger charge is 2.17. The first-order valence-corrected chi connectivity index (χ1v) is 11.0. The molecule has 1 amide bonds. The average molecular weight is 483 g/mol. The standard InChI is InChI=1S/C22H19BrN4O2S/c1-14-5-3-4-6-18(14)27-19(16-7-9-17(23)10-8-16)12-24-22(27)30-13-21(28)25-20-11-15(2)29-26-20/h3-12H,13H2,1-2H3,(H,25,26,28). The minimum Gasteiger partial charge on any atom is -0.360 e. The van der Waals surface area contributed by atoms with Crippen LogP contribution in [0.5, 0.6) is 0 Å². The van der Waals surface area contributed by atoms with Crippen molar-refractivity contribution in [3.63, 3.8) is 0 Å². The molecule has 2 heterocycles. The molecule has 2 aromatic carbocycles. The summed E-state index contributed by atoms with van der Waals surface area (Å²) in [6, 6.07) is 17.9. The number of rotatable bonds is 6. The Kier molecular flexibility index (Phi) is 6.06. The van der Waals surface area contributed by atoms with Gasteiger partial charge in [-0.25, -0.2) is 4.98 Å². The zero-order valence-corrected chi connectivity index (χ0v) is 18.8. The predicted octanol–water partition coefficient (Wildman–Crippen LogP) is 5.64. The number of anilines is 1. The van der Waals surface area contributed by atoms with Crippen molar-refractivity contribution in [3.05, 3.63) is 76.6 Å². The summed E-state index contributed by atoms with van der Waals surface area (Å²) in [6.45, 7) is 3.84. The van der Waals surface area contributed by atoms with E-state index in [0.717, 1.165) is 32.1 Å². The number of nitrogens with zero attached hydrogens (tertiary/aromatic N) is 3. The molecular weight excluding hydrogens is 464 g/mol. The van der Waals surface area contributed by atoms with E-state index in [4.69, 9.17) is 4.52 Å². The maximum atomic E-state index is 12.4. The summed E-state index contributed by atoms with van der Waals surface area (Å²) in [5, 5.41) is 7.28. The van der Waals surface area contributed by atoms with Gasteiger partial charge in [-0.2, -0.15) is 0 Å². The first-order chi connectivity index (χ1) is 14.5. The van der Waals surface area contributed by atoms with Gasteiger partial charge in [-0.1, -0.05) is 63.2 Å². The van der Waals surface area contributed by atoms with E-state index in [1.165, 1.54) is 11.8 Å². The molecule has 0 saturated carbocycles. The highest BCUT2D eigenvalue weighted by atomic mass is 79.9. The van der Waals surface area contributed by atoms with Gasteiger partial charge in [-0.15, -0.1) is 0 Å². The van der Waals surface area contributed by atoms with Gasteiger partial charge in [0.25, 0.3) is 0 Å². The third-order valence-corrected chi connectivity index (χ3v) is 5.94. The van der Waals surface area contributed by atoms with Gasteiger partial charge in [0, 0.05) is 16.1 Å². The molecule has 30 heavy (non-hydrogen) atoms. The van der Waals surface area contributed by atoms with E-state index in [2.05, 4.69) is 55.0 Å². The number of nitrogens with one attached hydrogen (secondary N) is 1. The van der Waals surface area contributed by atoms with Crippen molar-refractivity contribution in [1.82, 2.24) is 14.7 Å². The van der Waals surface area contributed by atoms with E-state index in [0.29, 0.717) is 11.6 Å². The predicted molar refractivity (Wildman–Crippen MR) is 122 cm³/mol.